The van der Waals surface area contributed by atoms with Crippen molar-refractivity contribution >= 4 is 11.6 Å². The zero-order chi connectivity index (χ0) is 13.1. The van der Waals surface area contributed by atoms with Gasteiger partial charge in [-0.3, -0.25) is 4.79 Å². The third-order valence-corrected chi connectivity index (χ3v) is 2.38. The molecule has 0 aliphatic carbocycles. The summed E-state index contributed by atoms with van der Waals surface area (Å²) in [6, 6.07) is 7.32. The first-order valence-corrected chi connectivity index (χ1v) is 5.86. The molecule has 1 amide bonds. The van der Waals surface area contributed by atoms with Gasteiger partial charge in [0.1, 0.15) is 0 Å². The smallest absolute Gasteiger partial charge is 0.224 e. The Morgan fingerprint density at radius 1 is 1.35 bits per heavy atom. The molecular formula is C14H21NO2. The van der Waals surface area contributed by atoms with Crippen LogP contribution in [0.1, 0.15) is 45.8 Å². The van der Waals surface area contributed by atoms with Gasteiger partial charge in [-0.15, -0.1) is 0 Å². The van der Waals surface area contributed by atoms with Gasteiger partial charge < -0.3 is 10.4 Å². The number of carbonyl (C=O) groups is 1. The molecule has 0 aliphatic rings. The van der Waals surface area contributed by atoms with Crippen molar-refractivity contribution in [1.29, 1.82) is 0 Å². The van der Waals surface area contributed by atoms with Gasteiger partial charge in [0.05, 0.1) is 6.10 Å². The SMILES string of the molecule is CC(O)c1ccccc1NC(=O)CC(C)(C)C. The lowest BCUT2D eigenvalue weighted by Gasteiger charge is -2.19. The number of hydrogen-bond donors (Lipinski definition) is 2. The number of rotatable bonds is 3. The van der Waals surface area contributed by atoms with Crippen LogP contribution in [-0.2, 0) is 4.79 Å². The number of amides is 1. The van der Waals surface area contributed by atoms with Gasteiger partial charge in [-0.1, -0.05) is 39.0 Å². The Morgan fingerprint density at radius 3 is 2.47 bits per heavy atom. The van der Waals surface area contributed by atoms with E-state index in [1.165, 1.54) is 0 Å². The molecule has 17 heavy (non-hydrogen) atoms. The average Bonchev–Trinajstić information content (AvgIpc) is 2.14. The van der Waals surface area contributed by atoms with Crippen molar-refractivity contribution in [2.24, 2.45) is 5.41 Å². The first-order valence-electron chi connectivity index (χ1n) is 5.86. The lowest BCUT2D eigenvalue weighted by molar-refractivity contribution is -0.117. The highest BCUT2D eigenvalue weighted by molar-refractivity contribution is 5.91. The summed E-state index contributed by atoms with van der Waals surface area (Å²) in [6.07, 6.45) is -0.123. The van der Waals surface area contributed by atoms with Crippen LogP contribution in [0.3, 0.4) is 0 Å². The van der Waals surface area contributed by atoms with E-state index in [2.05, 4.69) is 5.32 Å². The fourth-order valence-electron chi connectivity index (χ4n) is 1.65. The average molecular weight is 235 g/mol. The minimum Gasteiger partial charge on any atom is -0.389 e. The van der Waals surface area contributed by atoms with Crippen LogP contribution in [0.5, 0.6) is 0 Å². The summed E-state index contributed by atoms with van der Waals surface area (Å²) in [4.78, 5) is 11.8. The van der Waals surface area contributed by atoms with Crippen molar-refractivity contribution < 1.29 is 9.90 Å². The Hall–Kier alpha value is -1.35. The predicted octanol–water partition coefficient (Wildman–Crippen LogP) is 3.11. The molecule has 3 nitrogen and oxygen atoms in total. The molecule has 0 aliphatic heterocycles. The number of hydrogen-bond acceptors (Lipinski definition) is 2. The molecule has 0 heterocycles. The van der Waals surface area contributed by atoms with Gasteiger partial charge in [0.15, 0.2) is 0 Å². The van der Waals surface area contributed by atoms with E-state index in [0.29, 0.717) is 12.1 Å². The minimum absolute atomic E-state index is 0.0226. The van der Waals surface area contributed by atoms with Gasteiger partial charge in [0.25, 0.3) is 0 Å². The molecule has 1 unspecified atom stereocenters. The highest BCUT2D eigenvalue weighted by atomic mass is 16.3. The number of nitrogens with one attached hydrogen (secondary N) is 1. The third kappa shape index (κ3) is 4.57. The third-order valence-electron chi connectivity index (χ3n) is 2.38. The summed E-state index contributed by atoms with van der Waals surface area (Å²) in [5.41, 5.74) is 1.40. The summed E-state index contributed by atoms with van der Waals surface area (Å²) < 4.78 is 0. The monoisotopic (exact) mass is 235 g/mol. The second-order valence-corrected chi connectivity index (χ2v) is 5.55. The van der Waals surface area contributed by atoms with Gasteiger partial charge >= 0.3 is 0 Å². The van der Waals surface area contributed by atoms with Crippen molar-refractivity contribution in [1.82, 2.24) is 0 Å². The maximum absolute atomic E-state index is 11.8. The van der Waals surface area contributed by atoms with Gasteiger partial charge in [0, 0.05) is 17.7 Å². The van der Waals surface area contributed by atoms with E-state index >= 15 is 0 Å². The van der Waals surface area contributed by atoms with Crippen LogP contribution in [0, 0.1) is 5.41 Å². The standard InChI is InChI=1S/C14H21NO2/c1-10(16)11-7-5-6-8-12(11)15-13(17)9-14(2,3)4/h5-8,10,16H,9H2,1-4H3,(H,15,17). The Balaban J connectivity index is 2.78. The van der Waals surface area contributed by atoms with Crippen molar-refractivity contribution in [3.63, 3.8) is 0 Å². The van der Waals surface area contributed by atoms with Crippen LogP contribution < -0.4 is 5.32 Å². The molecule has 0 bridgehead atoms. The second-order valence-electron chi connectivity index (χ2n) is 5.55. The lowest BCUT2D eigenvalue weighted by Crippen LogP contribution is -2.20. The molecule has 0 saturated heterocycles. The number of para-hydroxylation sites is 1. The van der Waals surface area contributed by atoms with E-state index in [9.17, 15) is 9.90 Å². The van der Waals surface area contributed by atoms with Crippen LogP contribution in [0.4, 0.5) is 5.69 Å². The van der Waals surface area contributed by atoms with E-state index < -0.39 is 6.10 Å². The number of carbonyl (C=O) groups excluding carboxylic acids is 1. The van der Waals surface area contributed by atoms with E-state index in [1.807, 2.05) is 45.0 Å². The second kappa shape index (κ2) is 5.32. The zero-order valence-corrected chi connectivity index (χ0v) is 10.9. The van der Waals surface area contributed by atoms with Crippen LogP contribution in [0.25, 0.3) is 0 Å². The molecule has 1 aromatic rings. The van der Waals surface area contributed by atoms with Crippen LogP contribution in [0.2, 0.25) is 0 Å². The van der Waals surface area contributed by atoms with Gasteiger partial charge in [0.2, 0.25) is 5.91 Å². The van der Waals surface area contributed by atoms with Gasteiger partial charge in [-0.2, -0.15) is 0 Å². The highest BCUT2D eigenvalue weighted by Gasteiger charge is 2.17. The zero-order valence-electron chi connectivity index (χ0n) is 10.9. The summed E-state index contributed by atoms with van der Waals surface area (Å²) >= 11 is 0. The Bertz CT molecular complexity index is 391. The van der Waals surface area contributed by atoms with E-state index in [4.69, 9.17) is 0 Å². The molecule has 0 fully saturated rings. The maximum Gasteiger partial charge on any atom is 0.224 e. The fraction of sp³-hybridized carbons (Fsp3) is 0.500. The van der Waals surface area contributed by atoms with E-state index in [0.717, 1.165) is 5.56 Å². The molecule has 0 aromatic heterocycles. The van der Waals surface area contributed by atoms with Crippen molar-refractivity contribution in [2.45, 2.75) is 40.2 Å². The maximum atomic E-state index is 11.8. The topological polar surface area (TPSA) is 49.3 Å². The summed E-state index contributed by atoms with van der Waals surface area (Å²) in [5.74, 6) is -0.0226. The fourth-order valence-corrected chi connectivity index (χ4v) is 1.65. The molecule has 0 saturated carbocycles. The lowest BCUT2D eigenvalue weighted by atomic mass is 9.92. The molecule has 0 spiro atoms. The van der Waals surface area contributed by atoms with Crippen LogP contribution in [0.15, 0.2) is 24.3 Å². The molecule has 1 atom stereocenters. The molecule has 3 heteroatoms. The number of benzene rings is 1. The van der Waals surface area contributed by atoms with Crippen molar-refractivity contribution in [3.8, 4) is 0 Å². The Labute approximate surface area is 103 Å². The molecular weight excluding hydrogens is 214 g/mol. The van der Waals surface area contributed by atoms with Crippen LogP contribution >= 0.6 is 0 Å². The minimum atomic E-state index is -0.582. The van der Waals surface area contributed by atoms with Gasteiger partial charge in [-0.25, -0.2) is 0 Å². The molecule has 1 rings (SSSR count). The van der Waals surface area contributed by atoms with Crippen molar-refractivity contribution in [3.05, 3.63) is 29.8 Å². The Kier molecular flexibility index (Phi) is 4.29. The number of aliphatic hydroxyl groups is 1. The van der Waals surface area contributed by atoms with E-state index in [-0.39, 0.29) is 11.3 Å². The van der Waals surface area contributed by atoms with Gasteiger partial charge in [-0.05, 0) is 18.4 Å². The normalized spacial score (nSPS) is 13.2. The summed E-state index contributed by atoms with van der Waals surface area (Å²) in [6.45, 7) is 7.75. The largest absolute Gasteiger partial charge is 0.389 e. The molecule has 94 valence electrons. The van der Waals surface area contributed by atoms with Crippen LogP contribution in [-0.4, -0.2) is 11.0 Å². The summed E-state index contributed by atoms with van der Waals surface area (Å²) in [7, 11) is 0. The first-order chi connectivity index (χ1) is 7.79. The molecule has 0 radical (unpaired) electrons. The Morgan fingerprint density at radius 2 is 1.94 bits per heavy atom. The first kappa shape index (κ1) is 13.7. The highest BCUT2D eigenvalue weighted by Crippen LogP contribution is 2.24. The summed E-state index contributed by atoms with van der Waals surface area (Å²) in [5, 5.41) is 12.4. The molecule has 2 N–H and O–H groups in total. The predicted molar refractivity (Wildman–Crippen MR) is 69.8 cm³/mol. The number of aliphatic hydroxyl groups excluding tert-OH is 1. The van der Waals surface area contributed by atoms with Crippen molar-refractivity contribution in [2.75, 3.05) is 5.32 Å². The quantitative estimate of drug-likeness (QED) is 0.845. The molecule has 1 aromatic carbocycles. The number of anilines is 1. The van der Waals surface area contributed by atoms with E-state index in [1.54, 1.807) is 6.92 Å².